The highest BCUT2D eigenvalue weighted by molar-refractivity contribution is 7.47. The zero-order valence-corrected chi connectivity index (χ0v) is 35.0. The monoisotopic (exact) mass is 745 g/mol. The van der Waals surface area contributed by atoms with Crippen LogP contribution in [0.3, 0.4) is 0 Å². The summed E-state index contributed by atoms with van der Waals surface area (Å²) < 4.78 is 34.7. The van der Waals surface area contributed by atoms with Crippen molar-refractivity contribution in [2.75, 3.05) is 47.5 Å². The summed E-state index contributed by atoms with van der Waals surface area (Å²) in [5.74, 6) is -0.340. The van der Waals surface area contributed by atoms with E-state index < -0.39 is 13.9 Å². The van der Waals surface area contributed by atoms with Crippen molar-refractivity contribution in [1.82, 2.24) is 0 Å². The second-order valence-corrected chi connectivity index (χ2v) is 16.9. The Morgan fingerprint density at radius 1 is 0.608 bits per heavy atom. The Hall–Kier alpha value is -1.18. The molecule has 0 aliphatic heterocycles. The van der Waals surface area contributed by atoms with Crippen molar-refractivity contribution in [3.8, 4) is 0 Å². The van der Waals surface area contributed by atoms with Crippen LogP contribution in [0, 0.1) is 0 Å². The topological polar surface area (TPSA) is 91.3 Å². The van der Waals surface area contributed by atoms with Crippen LogP contribution in [-0.4, -0.2) is 69.0 Å². The number of ether oxygens (including phenoxy) is 2. The molecule has 9 heteroatoms. The summed E-state index contributed by atoms with van der Waals surface area (Å²) in [4.78, 5) is 22.8. The van der Waals surface area contributed by atoms with Crippen LogP contribution in [0.1, 0.15) is 187 Å². The maximum Gasteiger partial charge on any atom is 0.472 e. The lowest BCUT2D eigenvalue weighted by Gasteiger charge is -2.24. The number of likely N-dealkylation sites (N-methyl/N-ethyl adjacent to an activating group) is 1. The van der Waals surface area contributed by atoms with Crippen molar-refractivity contribution in [2.24, 2.45) is 0 Å². The van der Waals surface area contributed by atoms with Gasteiger partial charge in [0.15, 0.2) is 6.10 Å². The molecular weight excluding hydrogens is 661 g/mol. The summed E-state index contributed by atoms with van der Waals surface area (Å²) in [5.41, 5.74) is 0. The predicted octanol–water partition coefficient (Wildman–Crippen LogP) is 12.4. The Morgan fingerprint density at radius 2 is 1.04 bits per heavy atom. The van der Waals surface area contributed by atoms with Crippen LogP contribution in [-0.2, 0) is 27.9 Å². The standard InChI is InChI=1S/C42H82NO7P/c1-6-8-10-12-14-16-18-20-22-23-25-27-29-31-33-35-42(44)50-41(40-49-51(45,46)48-38-36-43(3,4)5)39-47-37-34-32-30-28-26-24-21-19-17-15-13-11-9-7-2/h16,18,34,37,41H,6-15,17,19-33,35-36,38-40H2,1-5H3/p+1/b18-16+,37-34+/t41-/m1/s1. The van der Waals surface area contributed by atoms with E-state index in [1.807, 2.05) is 27.2 Å². The number of phosphoric acid groups is 1. The molecule has 2 atom stereocenters. The molecule has 0 bridgehead atoms. The first-order valence-electron chi connectivity index (χ1n) is 21.1. The molecule has 0 heterocycles. The van der Waals surface area contributed by atoms with Gasteiger partial charge in [-0.1, -0.05) is 148 Å². The smallest absolute Gasteiger partial charge is 0.472 e. The third-order valence-corrected chi connectivity index (χ3v) is 10.1. The van der Waals surface area contributed by atoms with E-state index in [1.165, 1.54) is 135 Å². The molecule has 0 rings (SSSR count). The summed E-state index contributed by atoms with van der Waals surface area (Å²) >= 11 is 0. The normalized spacial score (nSPS) is 14.0. The van der Waals surface area contributed by atoms with Gasteiger partial charge in [-0.3, -0.25) is 13.8 Å². The van der Waals surface area contributed by atoms with E-state index in [0.717, 1.165) is 32.1 Å². The average molecular weight is 745 g/mol. The van der Waals surface area contributed by atoms with E-state index in [4.69, 9.17) is 18.5 Å². The number of phosphoric ester groups is 1. The fourth-order valence-corrected chi connectivity index (χ4v) is 6.49. The summed E-state index contributed by atoms with van der Waals surface area (Å²) in [6.45, 7) is 4.92. The number of hydrogen-bond acceptors (Lipinski definition) is 6. The van der Waals surface area contributed by atoms with Gasteiger partial charge >= 0.3 is 13.8 Å². The number of unbranched alkanes of at least 4 members (excludes halogenated alkanes) is 23. The summed E-state index contributed by atoms with van der Waals surface area (Å²) in [6.07, 6.45) is 40.1. The number of carbonyl (C=O) groups is 1. The average Bonchev–Trinajstić information content (AvgIpc) is 3.08. The fourth-order valence-electron chi connectivity index (χ4n) is 5.75. The highest BCUT2D eigenvalue weighted by Gasteiger charge is 2.26. The lowest BCUT2D eigenvalue weighted by atomic mass is 10.0. The van der Waals surface area contributed by atoms with E-state index in [1.54, 1.807) is 6.26 Å². The minimum atomic E-state index is -4.28. The zero-order chi connectivity index (χ0) is 37.7. The van der Waals surface area contributed by atoms with Gasteiger partial charge in [0.25, 0.3) is 0 Å². The molecule has 0 saturated carbocycles. The molecule has 0 amide bonds. The molecule has 0 aromatic carbocycles. The molecule has 0 aliphatic carbocycles. The second kappa shape index (κ2) is 35.8. The predicted molar refractivity (Wildman–Crippen MR) is 215 cm³/mol. The van der Waals surface area contributed by atoms with Crippen LogP contribution < -0.4 is 0 Å². The van der Waals surface area contributed by atoms with Gasteiger partial charge in [0.05, 0.1) is 34.0 Å². The number of allylic oxidation sites excluding steroid dienone is 3. The summed E-state index contributed by atoms with van der Waals surface area (Å²) in [6, 6.07) is 0. The lowest BCUT2D eigenvalue weighted by Crippen LogP contribution is -2.37. The van der Waals surface area contributed by atoms with Crippen molar-refractivity contribution < 1.29 is 37.3 Å². The molecule has 1 unspecified atom stereocenters. The van der Waals surface area contributed by atoms with Crippen LogP contribution in [0.5, 0.6) is 0 Å². The molecule has 51 heavy (non-hydrogen) atoms. The van der Waals surface area contributed by atoms with Crippen molar-refractivity contribution in [3.63, 3.8) is 0 Å². The molecule has 0 saturated heterocycles. The highest BCUT2D eigenvalue weighted by atomic mass is 31.2. The minimum absolute atomic E-state index is 0.0492. The van der Waals surface area contributed by atoms with E-state index in [0.29, 0.717) is 17.4 Å². The van der Waals surface area contributed by atoms with Gasteiger partial charge in [0.1, 0.15) is 19.8 Å². The van der Waals surface area contributed by atoms with E-state index in [2.05, 4.69) is 26.0 Å². The van der Waals surface area contributed by atoms with Crippen LogP contribution in [0.25, 0.3) is 0 Å². The van der Waals surface area contributed by atoms with Gasteiger partial charge in [-0.05, 0) is 51.0 Å². The molecule has 0 spiro atoms. The Labute approximate surface area is 315 Å². The largest absolute Gasteiger partial charge is 0.498 e. The summed E-state index contributed by atoms with van der Waals surface area (Å²) in [7, 11) is 1.64. The van der Waals surface area contributed by atoms with Gasteiger partial charge < -0.3 is 18.9 Å². The quantitative estimate of drug-likeness (QED) is 0.0167. The first-order chi connectivity index (χ1) is 24.6. The first-order valence-corrected chi connectivity index (χ1v) is 22.6. The van der Waals surface area contributed by atoms with Gasteiger partial charge in [0, 0.05) is 6.42 Å². The van der Waals surface area contributed by atoms with Crippen molar-refractivity contribution >= 4 is 13.8 Å². The molecule has 0 aliphatic rings. The van der Waals surface area contributed by atoms with Crippen molar-refractivity contribution in [3.05, 3.63) is 24.5 Å². The molecule has 0 radical (unpaired) electrons. The number of esters is 1. The summed E-state index contributed by atoms with van der Waals surface area (Å²) in [5, 5.41) is 0. The van der Waals surface area contributed by atoms with Crippen molar-refractivity contribution in [1.29, 1.82) is 0 Å². The lowest BCUT2D eigenvalue weighted by molar-refractivity contribution is -0.870. The van der Waals surface area contributed by atoms with Gasteiger partial charge in [-0.25, -0.2) is 4.57 Å². The van der Waals surface area contributed by atoms with Crippen LogP contribution in [0.15, 0.2) is 24.5 Å². The Balaban J connectivity index is 4.31. The third-order valence-electron chi connectivity index (χ3n) is 9.08. The number of quaternary nitrogens is 1. The second-order valence-electron chi connectivity index (χ2n) is 15.4. The van der Waals surface area contributed by atoms with Gasteiger partial charge in [-0.2, -0.15) is 0 Å². The molecule has 8 nitrogen and oxygen atoms in total. The highest BCUT2D eigenvalue weighted by Crippen LogP contribution is 2.43. The van der Waals surface area contributed by atoms with E-state index in [9.17, 15) is 14.3 Å². The maximum absolute atomic E-state index is 12.6. The molecule has 0 aromatic rings. The number of hydrogen-bond donors (Lipinski definition) is 1. The van der Waals surface area contributed by atoms with E-state index >= 15 is 0 Å². The molecular formula is C42H83NO7P+. The number of nitrogens with zero attached hydrogens (tertiary/aromatic N) is 1. The molecule has 0 aromatic heterocycles. The number of rotatable bonds is 39. The number of carbonyl (C=O) groups excluding carboxylic acids is 1. The third kappa shape index (κ3) is 39.9. The molecule has 1 N–H and O–H groups in total. The zero-order valence-electron chi connectivity index (χ0n) is 34.1. The first kappa shape index (κ1) is 49.8. The fraction of sp³-hybridized carbons (Fsp3) is 0.881. The molecule has 0 fully saturated rings. The van der Waals surface area contributed by atoms with E-state index in [-0.39, 0.29) is 25.8 Å². The van der Waals surface area contributed by atoms with Gasteiger partial charge in [0.2, 0.25) is 0 Å². The van der Waals surface area contributed by atoms with Gasteiger partial charge in [-0.15, -0.1) is 0 Å². The van der Waals surface area contributed by atoms with Crippen molar-refractivity contribution in [2.45, 2.75) is 193 Å². The van der Waals surface area contributed by atoms with Crippen LogP contribution in [0.4, 0.5) is 0 Å². The Bertz CT molecular complexity index is 874. The Kier molecular flexibility index (Phi) is 35.0. The van der Waals surface area contributed by atoms with Crippen LogP contribution >= 0.6 is 7.82 Å². The molecule has 302 valence electrons. The Morgan fingerprint density at radius 3 is 1.53 bits per heavy atom. The van der Waals surface area contributed by atoms with Crippen LogP contribution in [0.2, 0.25) is 0 Å². The SMILES string of the molecule is CCCCCC/C=C/CCCCCCCCCC(=O)O[C@H](CO/C=C/CCCCCCCCCCCCCC)COP(=O)(O)OCC[N+](C)(C)C. The maximum atomic E-state index is 12.6. The minimum Gasteiger partial charge on any atom is -0.498 e.